The fourth-order valence-electron chi connectivity index (χ4n) is 2.38. The van der Waals surface area contributed by atoms with E-state index < -0.39 is 17.3 Å². The number of thiocarbonyl (C=S) groups is 2. The molecule has 0 aromatic heterocycles. The van der Waals surface area contributed by atoms with E-state index in [4.69, 9.17) is 29.2 Å². The number of hydrogen-bond acceptors (Lipinski definition) is 4. The summed E-state index contributed by atoms with van der Waals surface area (Å²) in [4.78, 5) is 0.539. The molecule has 2 nitrogen and oxygen atoms in total. The Labute approximate surface area is 146 Å². The number of alkyl halides is 3. The topological polar surface area (TPSA) is 29.5 Å². The van der Waals surface area contributed by atoms with Crippen molar-refractivity contribution < 1.29 is 23.0 Å². The third kappa shape index (κ3) is 2.83. The lowest BCUT2D eigenvalue weighted by molar-refractivity contribution is -0.137. The Kier molecular flexibility index (Phi) is 3.98. The molecule has 1 heterocycles. The zero-order valence-electron chi connectivity index (χ0n) is 12.3. The lowest BCUT2D eigenvalue weighted by Crippen LogP contribution is -2.44. The maximum absolute atomic E-state index is 12.6. The Bertz CT molecular complexity index is 828. The second-order valence-electron chi connectivity index (χ2n) is 5.60. The highest BCUT2D eigenvalue weighted by atomic mass is 32.1. The molecule has 0 saturated carbocycles. The van der Waals surface area contributed by atoms with Crippen LogP contribution in [-0.4, -0.2) is 20.4 Å². The lowest BCUT2D eigenvalue weighted by atomic mass is 9.82. The second kappa shape index (κ2) is 5.61. The Morgan fingerprint density at radius 1 is 1.08 bits per heavy atom. The van der Waals surface area contributed by atoms with Gasteiger partial charge in [0.15, 0.2) is 0 Å². The van der Waals surface area contributed by atoms with Crippen LogP contribution < -0.4 is 0 Å². The van der Waals surface area contributed by atoms with Crippen molar-refractivity contribution in [2.45, 2.75) is 18.7 Å². The Morgan fingerprint density at radius 3 is 2.29 bits per heavy atom. The smallest absolute Gasteiger partial charge is 0.416 e. The fourth-order valence-corrected chi connectivity index (χ4v) is 2.95. The molecule has 0 radical (unpaired) electrons. The molecule has 0 fully saturated rings. The van der Waals surface area contributed by atoms with Crippen molar-refractivity contribution in [2.75, 3.05) is 0 Å². The summed E-state index contributed by atoms with van der Waals surface area (Å²) in [5.41, 5.74) is -0.428. The Balaban J connectivity index is 1.96. The molecule has 24 heavy (non-hydrogen) atoms. The van der Waals surface area contributed by atoms with Gasteiger partial charge in [0, 0.05) is 11.1 Å². The minimum Gasteiger partial charge on any atom is -0.464 e. The molecule has 2 aliphatic rings. The SMILES string of the molecule is CC1(O)C(=S)C=C2C=C(c3ccc(C(F)(F)F)cc3)OC=C2C1=S. The van der Waals surface area contributed by atoms with Crippen LogP contribution in [0.4, 0.5) is 13.2 Å². The predicted octanol–water partition coefficient (Wildman–Crippen LogP) is 4.39. The fraction of sp³-hybridized carbons (Fsp3) is 0.176. The Morgan fingerprint density at radius 2 is 1.71 bits per heavy atom. The minimum atomic E-state index is -4.39. The summed E-state index contributed by atoms with van der Waals surface area (Å²) in [7, 11) is 0. The molecule has 1 aliphatic heterocycles. The number of benzene rings is 1. The van der Waals surface area contributed by atoms with Gasteiger partial charge in [0.25, 0.3) is 0 Å². The summed E-state index contributed by atoms with van der Waals surface area (Å²) in [6.07, 6.45) is 0.260. The van der Waals surface area contributed by atoms with Crippen LogP contribution in [0.15, 0.2) is 53.8 Å². The maximum Gasteiger partial charge on any atom is 0.416 e. The summed E-state index contributed by atoms with van der Waals surface area (Å²) in [5.74, 6) is 0.380. The highest BCUT2D eigenvalue weighted by Gasteiger charge is 2.38. The van der Waals surface area contributed by atoms with Crippen molar-refractivity contribution in [1.82, 2.24) is 0 Å². The third-order valence-corrected chi connectivity index (χ3v) is 4.98. The summed E-state index contributed by atoms with van der Waals surface area (Å²) in [5, 5.41) is 10.3. The van der Waals surface area contributed by atoms with E-state index in [2.05, 4.69) is 0 Å². The lowest BCUT2D eigenvalue weighted by Gasteiger charge is -2.32. The van der Waals surface area contributed by atoms with Crippen LogP contribution in [0.2, 0.25) is 0 Å². The molecular formula is C17H11F3O2S2. The number of fused-ring (bicyclic) bond motifs is 1. The molecule has 124 valence electrons. The zero-order valence-corrected chi connectivity index (χ0v) is 14.0. The molecule has 1 aromatic rings. The summed E-state index contributed by atoms with van der Waals surface area (Å²) >= 11 is 10.4. The first-order valence-electron chi connectivity index (χ1n) is 6.90. The van der Waals surface area contributed by atoms with Crippen molar-refractivity contribution in [3.8, 4) is 0 Å². The zero-order chi connectivity index (χ0) is 17.7. The number of hydrogen-bond donors (Lipinski definition) is 1. The first-order valence-corrected chi connectivity index (χ1v) is 7.72. The van der Waals surface area contributed by atoms with Crippen molar-refractivity contribution in [3.63, 3.8) is 0 Å². The Hall–Kier alpha value is -1.83. The standard InChI is InChI=1S/C17H11F3O2S2/c1-16(21)14(23)7-10-6-13(22-8-12(10)15(16)24)9-2-4-11(5-3-9)17(18,19)20/h2-8,21H,1H3. The van der Waals surface area contributed by atoms with Crippen molar-refractivity contribution >= 4 is 39.9 Å². The molecule has 0 amide bonds. The van der Waals surface area contributed by atoms with E-state index >= 15 is 0 Å². The molecule has 1 aliphatic carbocycles. The van der Waals surface area contributed by atoms with Crippen LogP contribution in [-0.2, 0) is 10.9 Å². The normalized spacial score (nSPS) is 23.8. The molecular weight excluding hydrogens is 357 g/mol. The molecule has 0 bridgehead atoms. The molecule has 0 spiro atoms. The van der Waals surface area contributed by atoms with E-state index in [1.165, 1.54) is 25.3 Å². The summed E-state index contributed by atoms with van der Waals surface area (Å²) in [6, 6.07) is 4.66. The van der Waals surface area contributed by atoms with Crippen LogP contribution >= 0.6 is 24.4 Å². The van der Waals surface area contributed by atoms with Crippen molar-refractivity contribution in [3.05, 3.63) is 65.0 Å². The molecule has 1 aromatic carbocycles. The van der Waals surface area contributed by atoms with Crippen LogP contribution in [0.3, 0.4) is 0 Å². The second-order valence-corrected chi connectivity index (χ2v) is 6.45. The van der Waals surface area contributed by atoms with E-state index in [1.54, 1.807) is 12.2 Å². The van der Waals surface area contributed by atoms with Crippen molar-refractivity contribution in [2.24, 2.45) is 0 Å². The van der Waals surface area contributed by atoms with Gasteiger partial charge in [0.1, 0.15) is 17.6 Å². The van der Waals surface area contributed by atoms with Gasteiger partial charge in [-0.25, -0.2) is 0 Å². The summed E-state index contributed by atoms with van der Waals surface area (Å²) in [6.45, 7) is 1.51. The van der Waals surface area contributed by atoms with Gasteiger partial charge in [-0.05, 0) is 36.8 Å². The van der Waals surface area contributed by atoms with E-state index in [0.717, 1.165) is 12.1 Å². The third-order valence-electron chi connectivity index (χ3n) is 3.85. The quantitative estimate of drug-likeness (QED) is 0.745. The van der Waals surface area contributed by atoms with E-state index in [-0.39, 0.29) is 9.73 Å². The van der Waals surface area contributed by atoms with Gasteiger partial charge in [-0.3, -0.25) is 0 Å². The van der Waals surface area contributed by atoms with Gasteiger partial charge >= 0.3 is 6.18 Å². The van der Waals surface area contributed by atoms with Gasteiger partial charge in [-0.15, -0.1) is 0 Å². The van der Waals surface area contributed by atoms with Gasteiger partial charge in [0.2, 0.25) is 0 Å². The van der Waals surface area contributed by atoms with Crippen molar-refractivity contribution in [1.29, 1.82) is 0 Å². The number of rotatable bonds is 1. The highest BCUT2D eigenvalue weighted by molar-refractivity contribution is 7.83. The van der Waals surface area contributed by atoms with Crippen LogP contribution in [0, 0.1) is 0 Å². The van der Waals surface area contributed by atoms with Crippen LogP contribution in [0.25, 0.3) is 5.76 Å². The number of allylic oxidation sites excluding steroid dienone is 2. The number of halogens is 3. The first-order chi connectivity index (χ1) is 11.1. The van der Waals surface area contributed by atoms with Gasteiger partial charge in [-0.2, -0.15) is 13.2 Å². The maximum atomic E-state index is 12.6. The van der Waals surface area contributed by atoms with Gasteiger partial charge in [0.05, 0.1) is 15.3 Å². The molecule has 1 atom stereocenters. The predicted molar refractivity (Wildman–Crippen MR) is 92.5 cm³/mol. The van der Waals surface area contributed by atoms with E-state index in [9.17, 15) is 18.3 Å². The van der Waals surface area contributed by atoms with E-state index in [1.807, 2.05) is 0 Å². The largest absolute Gasteiger partial charge is 0.464 e. The van der Waals surface area contributed by atoms with Gasteiger partial charge < -0.3 is 9.84 Å². The molecule has 3 rings (SSSR count). The molecule has 1 N–H and O–H groups in total. The highest BCUT2D eigenvalue weighted by Crippen LogP contribution is 2.36. The minimum absolute atomic E-state index is 0.257. The first kappa shape index (κ1) is 17.0. The van der Waals surface area contributed by atoms with Crippen LogP contribution in [0.1, 0.15) is 18.1 Å². The molecule has 1 unspecified atom stereocenters. The average molecular weight is 368 g/mol. The molecule has 0 saturated heterocycles. The molecule has 7 heteroatoms. The monoisotopic (exact) mass is 368 g/mol. The number of aliphatic hydroxyl groups is 1. The van der Waals surface area contributed by atoms with Gasteiger partial charge in [-0.1, -0.05) is 36.6 Å². The van der Waals surface area contributed by atoms with E-state index in [0.29, 0.717) is 22.5 Å². The van der Waals surface area contributed by atoms with Crippen LogP contribution in [0.5, 0.6) is 0 Å². The summed E-state index contributed by atoms with van der Waals surface area (Å²) < 4.78 is 43.4. The average Bonchev–Trinajstić information content (AvgIpc) is 2.52. The number of ether oxygens (including phenoxy) is 1.